The van der Waals surface area contributed by atoms with Crippen molar-refractivity contribution in [1.82, 2.24) is 14.9 Å². The summed E-state index contributed by atoms with van der Waals surface area (Å²) in [6, 6.07) is 7.86. The third-order valence-electron chi connectivity index (χ3n) is 4.02. The molecule has 1 aliphatic carbocycles. The number of imidazole rings is 1. The van der Waals surface area contributed by atoms with Crippen molar-refractivity contribution >= 4 is 16.9 Å². The summed E-state index contributed by atoms with van der Waals surface area (Å²) in [6.45, 7) is 0. The number of rotatable bonds is 2. The van der Waals surface area contributed by atoms with E-state index in [9.17, 15) is 9.90 Å². The quantitative estimate of drug-likeness (QED) is 0.873. The number of aryl methyl sites for hydroxylation is 1. The number of aliphatic hydroxyl groups excluding tert-OH is 1. The molecule has 1 aliphatic rings. The van der Waals surface area contributed by atoms with E-state index in [1.807, 2.05) is 35.9 Å². The normalized spacial score (nSPS) is 22.9. The van der Waals surface area contributed by atoms with E-state index < -0.39 is 0 Å². The van der Waals surface area contributed by atoms with Gasteiger partial charge in [-0.05, 0) is 37.8 Å². The first-order chi connectivity index (χ1) is 9.65. The maximum absolute atomic E-state index is 12.3. The van der Waals surface area contributed by atoms with Crippen molar-refractivity contribution in [3.8, 4) is 0 Å². The van der Waals surface area contributed by atoms with E-state index in [0.717, 1.165) is 36.7 Å². The minimum absolute atomic E-state index is 0.134. The fourth-order valence-electron chi connectivity index (χ4n) is 2.82. The predicted molar refractivity (Wildman–Crippen MR) is 76.4 cm³/mol. The highest BCUT2D eigenvalue weighted by molar-refractivity contribution is 5.94. The maximum atomic E-state index is 12.3. The Labute approximate surface area is 117 Å². The van der Waals surface area contributed by atoms with Crippen LogP contribution in [0.1, 0.15) is 36.3 Å². The van der Waals surface area contributed by atoms with Crippen LogP contribution in [0, 0.1) is 0 Å². The summed E-state index contributed by atoms with van der Waals surface area (Å²) < 4.78 is 1.82. The van der Waals surface area contributed by atoms with Crippen LogP contribution in [0.3, 0.4) is 0 Å². The number of benzene rings is 1. The van der Waals surface area contributed by atoms with Gasteiger partial charge in [0.25, 0.3) is 5.91 Å². The second-order valence-corrected chi connectivity index (χ2v) is 5.46. The largest absolute Gasteiger partial charge is 0.393 e. The highest BCUT2D eigenvalue weighted by Gasteiger charge is 2.23. The molecule has 0 atom stereocenters. The summed E-state index contributed by atoms with van der Waals surface area (Å²) in [6.07, 6.45) is 2.97. The van der Waals surface area contributed by atoms with Crippen LogP contribution >= 0.6 is 0 Å². The van der Waals surface area contributed by atoms with E-state index in [0.29, 0.717) is 5.82 Å². The van der Waals surface area contributed by atoms with Gasteiger partial charge < -0.3 is 15.0 Å². The molecule has 5 nitrogen and oxygen atoms in total. The maximum Gasteiger partial charge on any atom is 0.287 e. The van der Waals surface area contributed by atoms with Crippen molar-refractivity contribution in [2.45, 2.75) is 37.8 Å². The predicted octanol–water partition coefficient (Wildman–Crippen LogP) is 1.61. The highest BCUT2D eigenvalue weighted by atomic mass is 16.3. The lowest BCUT2D eigenvalue weighted by Gasteiger charge is -2.25. The van der Waals surface area contributed by atoms with Crippen molar-refractivity contribution in [2.75, 3.05) is 0 Å². The van der Waals surface area contributed by atoms with Crippen molar-refractivity contribution in [2.24, 2.45) is 7.05 Å². The van der Waals surface area contributed by atoms with Gasteiger partial charge in [-0.25, -0.2) is 4.98 Å². The lowest BCUT2D eigenvalue weighted by Crippen LogP contribution is -2.39. The van der Waals surface area contributed by atoms with Gasteiger partial charge in [0.05, 0.1) is 17.1 Å². The molecule has 0 saturated heterocycles. The monoisotopic (exact) mass is 273 g/mol. The molecule has 1 heterocycles. The fourth-order valence-corrected chi connectivity index (χ4v) is 2.82. The Hall–Kier alpha value is -1.88. The van der Waals surface area contributed by atoms with Gasteiger partial charge in [0, 0.05) is 13.1 Å². The molecule has 1 amide bonds. The molecule has 2 N–H and O–H groups in total. The van der Waals surface area contributed by atoms with Gasteiger partial charge >= 0.3 is 0 Å². The third-order valence-corrected chi connectivity index (χ3v) is 4.02. The number of aromatic nitrogens is 2. The minimum atomic E-state index is -0.209. The average Bonchev–Trinajstić information content (AvgIpc) is 2.79. The topological polar surface area (TPSA) is 67.2 Å². The number of hydrogen-bond acceptors (Lipinski definition) is 3. The molecule has 0 bridgehead atoms. The smallest absolute Gasteiger partial charge is 0.287 e. The van der Waals surface area contributed by atoms with Crippen LogP contribution < -0.4 is 5.32 Å². The summed E-state index contributed by atoms with van der Waals surface area (Å²) in [5, 5.41) is 12.5. The Kier molecular flexibility index (Phi) is 3.44. The molecule has 1 fully saturated rings. The van der Waals surface area contributed by atoms with Gasteiger partial charge in [-0.2, -0.15) is 0 Å². The number of amides is 1. The van der Waals surface area contributed by atoms with E-state index in [4.69, 9.17) is 0 Å². The van der Waals surface area contributed by atoms with Crippen LogP contribution in [0.5, 0.6) is 0 Å². The van der Waals surface area contributed by atoms with Crippen LogP contribution in [0.4, 0.5) is 0 Å². The number of carbonyl (C=O) groups is 1. The van der Waals surface area contributed by atoms with E-state index in [1.54, 1.807) is 0 Å². The van der Waals surface area contributed by atoms with Crippen molar-refractivity contribution in [3.63, 3.8) is 0 Å². The molecule has 1 aromatic carbocycles. The number of carbonyl (C=O) groups excluding carboxylic acids is 1. The molecule has 1 saturated carbocycles. The van der Waals surface area contributed by atoms with Crippen molar-refractivity contribution < 1.29 is 9.90 Å². The number of aliphatic hydroxyl groups is 1. The van der Waals surface area contributed by atoms with E-state index >= 15 is 0 Å². The third kappa shape index (κ3) is 2.41. The summed E-state index contributed by atoms with van der Waals surface area (Å²) >= 11 is 0. The summed E-state index contributed by atoms with van der Waals surface area (Å²) in [4.78, 5) is 16.7. The van der Waals surface area contributed by atoms with Crippen LogP contribution in [0.15, 0.2) is 24.3 Å². The van der Waals surface area contributed by atoms with Gasteiger partial charge in [0.1, 0.15) is 0 Å². The first kappa shape index (κ1) is 13.1. The Morgan fingerprint density at radius 1 is 1.30 bits per heavy atom. The van der Waals surface area contributed by atoms with Crippen LogP contribution in [-0.4, -0.2) is 32.7 Å². The minimum Gasteiger partial charge on any atom is -0.393 e. The zero-order valence-corrected chi connectivity index (χ0v) is 11.5. The van der Waals surface area contributed by atoms with Crippen molar-refractivity contribution in [1.29, 1.82) is 0 Å². The average molecular weight is 273 g/mol. The van der Waals surface area contributed by atoms with E-state index in [2.05, 4.69) is 10.3 Å². The van der Waals surface area contributed by atoms with E-state index in [-0.39, 0.29) is 18.1 Å². The van der Waals surface area contributed by atoms with Crippen LogP contribution in [0.2, 0.25) is 0 Å². The van der Waals surface area contributed by atoms with Gasteiger partial charge in [-0.3, -0.25) is 4.79 Å². The van der Waals surface area contributed by atoms with Gasteiger partial charge in [0.15, 0.2) is 5.82 Å². The first-order valence-electron chi connectivity index (χ1n) is 7.05. The zero-order chi connectivity index (χ0) is 14.1. The summed E-state index contributed by atoms with van der Waals surface area (Å²) in [5.74, 6) is 0.308. The molecule has 0 aliphatic heterocycles. The Balaban J connectivity index is 1.77. The van der Waals surface area contributed by atoms with Crippen molar-refractivity contribution in [3.05, 3.63) is 30.1 Å². The van der Waals surface area contributed by atoms with Gasteiger partial charge in [-0.1, -0.05) is 12.1 Å². The standard InChI is InChI=1S/C15H19N3O2/c1-18-13-5-3-2-4-12(13)17-14(18)15(20)16-10-6-8-11(19)9-7-10/h2-5,10-11,19H,6-9H2,1H3,(H,16,20). The molecule has 20 heavy (non-hydrogen) atoms. The molecule has 5 heteroatoms. The zero-order valence-electron chi connectivity index (χ0n) is 11.5. The summed E-state index contributed by atoms with van der Waals surface area (Å²) in [5.41, 5.74) is 1.79. The number of nitrogens with zero attached hydrogens (tertiary/aromatic N) is 2. The first-order valence-corrected chi connectivity index (χ1v) is 7.05. The number of fused-ring (bicyclic) bond motifs is 1. The lowest BCUT2D eigenvalue weighted by atomic mass is 9.93. The number of hydrogen-bond donors (Lipinski definition) is 2. The Bertz CT molecular complexity index is 627. The van der Waals surface area contributed by atoms with Gasteiger partial charge in [-0.15, -0.1) is 0 Å². The molecule has 0 spiro atoms. The molecule has 2 aromatic rings. The molecule has 106 valence electrons. The lowest BCUT2D eigenvalue weighted by molar-refractivity contribution is 0.0856. The van der Waals surface area contributed by atoms with Gasteiger partial charge in [0.2, 0.25) is 0 Å². The molecule has 3 rings (SSSR count). The second kappa shape index (κ2) is 5.25. The molecule has 1 aromatic heterocycles. The number of nitrogens with one attached hydrogen (secondary N) is 1. The SMILES string of the molecule is Cn1c(C(=O)NC2CCC(O)CC2)nc2ccccc21. The van der Waals surface area contributed by atoms with Crippen LogP contribution in [0.25, 0.3) is 11.0 Å². The fraction of sp³-hybridized carbons (Fsp3) is 0.467. The Morgan fingerprint density at radius 2 is 2.00 bits per heavy atom. The van der Waals surface area contributed by atoms with E-state index in [1.165, 1.54) is 0 Å². The molecule has 0 radical (unpaired) electrons. The molecule has 0 unspecified atom stereocenters. The second-order valence-electron chi connectivity index (χ2n) is 5.46. The summed E-state index contributed by atoms with van der Waals surface area (Å²) in [7, 11) is 1.86. The molecular formula is C15H19N3O2. The number of para-hydroxylation sites is 2. The Morgan fingerprint density at radius 3 is 2.70 bits per heavy atom. The molecular weight excluding hydrogens is 254 g/mol. The highest BCUT2D eigenvalue weighted by Crippen LogP contribution is 2.19. The van der Waals surface area contributed by atoms with Crippen LogP contribution in [-0.2, 0) is 7.05 Å².